The van der Waals surface area contributed by atoms with Gasteiger partial charge >= 0.3 is 6.18 Å². The molecule has 1 aliphatic rings. The molecule has 1 aromatic carbocycles. The van der Waals surface area contributed by atoms with Crippen LogP contribution >= 0.6 is 0 Å². The summed E-state index contributed by atoms with van der Waals surface area (Å²) in [5.41, 5.74) is 6.22. The number of nitrogens with two attached hydrogens (primary N) is 1. The first kappa shape index (κ1) is 16.2. The van der Waals surface area contributed by atoms with Gasteiger partial charge in [-0.05, 0) is 42.9 Å². The van der Waals surface area contributed by atoms with Crippen LogP contribution in [0.2, 0.25) is 0 Å². The third kappa shape index (κ3) is 4.15. The molecule has 1 aliphatic carbocycles. The third-order valence-corrected chi connectivity index (χ3v) is 4.18. The van der Waals surface area contributed by atoms with Crippen LogP contribution in [-0.4, -0.2) is 12.2 Å². The number of halogens is 5. The molecule has 1 nitrogen and oxygen atoms in total. The number of alkyl halides is 3. The van der Waals surface area contributed by atoms with Gasteiger partial charge in [0.25, 0.3) is 0 Å². The molecule has 2 N–H and O–H groups in total. The van der Waals surface area contributed by atoms with Crippen molar-refractivity contribution in [2.45, 2.75) is 44.3 Å². The lowest BCUT2D eigenvalue weighted by Crippen LogP contribution is -2.44. The molecule has 0 aromatic heterocycles. The molecule has 1 saturated carbocycles. The third-order valence-electron chi connectivity index (χ3n) is 4.18. The second kappa shape index (κ2) is 6.30. The highest BCUT2D eigenvalue weighted by Crippen LogP contribution is 2.42. The van der Waals surface area contributed by atoms with Crippen LogP contribution in [0, 0.1) is 23.5 Å². The Labute approximate surface area is 120 Å². The minimum absolute atomic E-state index is 0.0475. The van der Waals surface area contributed by atoms with E-state index in [0.29, 0.717) is 24.8 Å². The Morgan fingerprint density at radius 3 is 2.19 bits per heavy atom. The van der Waals surface area contributed by atoms with Crippen LogP contribution < -0.4 is 5.73 Å². The summed E-state index contributed by atoms with van der Waals surface area (Å²) in [6.45, 7) is 0. The lowest BCUT2D eigenvalue weighted by Gasteiger charge is -2.36. The Hall–Kier alpha value is -1.17. The van der Waals surface area contributed by atoms with Crippen LogP contribution in [0.25, 0.3) is 0 Å². The topological polar surface area (TPSA) is 26.0 Å². The van der Waals surface area contributed by atoms with E-state index >= 15 is 0 Å². The molecule has 3 unspecified atom stereocenters. The molecule has 0 saturated heterocycles. The molecule has 0 radical (unpaired) electrons. The van der Waals surface area contributed by atoms with Crippen LogP contribution in [0.1, 0.15) is 31.2 Å². The summed E-state index contributed by atoms with van der Waals surface area (Å²) in [6, 6.07) is 2.22. The van der Waals surface area contributed by atoms with Crippen molar-refractivity contribution < 1.29 is 22.0 Å². The van der Waals surface area contributed by atoms with Crippen molar-refractivity contribution in [2.75, 3.05) is 0 Å². The Morgan fingerprint density at radius 1 is 1.05 bits per heavy atom. The lowest BCUT2D eigenvalue weighted by atomic mass is 9.73. The zero-order valence-corrected chi connectivity index (χ0v) is 11.5. The van der Waals surface area contributed by atoms with E-state index in [1.165, 1.54) is 0 Å². The van der Waals surface area contributed by atoms with E-state index in [0.717, 1.165) is 18.2 Å². The monoisotopic (exact) mass is 307 g/mol. The van der Waals surface area contributed by atoms with E-state index in [-0.39, 0.29) is 12.8 Å². The van der Waals surface area contributed by atoms with Gasteiger partial charge in [0.15, 0.2) is 0 Å². The van der Waals surface area contributed by atoms with Gasteiger partial charge in [0.1, 0.15) is 11.6 Å². The number of hydrogen-bond donors (Lipinski definition) is 1. The molecule has 21 heavy (non-hydrogen) atoms. The van der Waals surface area contributed by atoms with E-state index in [9.17, 15) is 22.0 Å². The quantitative estimate of drug-likeness (QED) is 0.832. The molecular weight excluding hydrogens is 289 g/mol. The van der Waals surface area contributed by atoms with Crippen LogP contribution in [0.4, 0.5) is 22.0 Å². The van der Waals surface area contributed by atoms with Crippen molar-refractivity contribution >= 4 is 0 Å². The molecular formula is C15H18F5N. The molecule has 0 amide bonds. The summed E-state index contributed by atoms with van der Waals surface area (Å²) in [7, 11) is 0. The van der Waals surface area contributed by atoms with Crippen molar-refractivity contribution in [1.82, 2.24) is 0 Å². The van der Waals surface area contributed by atoms with Gasteiger partial charge in [-0.3, -0.25) is 0 Å². The number of rotatable bonds is 3. The fourth-order valence-electron chi connectivity index (χ4n) is 3.23. The van der Waals surface area contributed by atoms with Crippen LogP contribution in [0.3, 0.4) is 0 Å². The molecule has 1 fully saturated rings. The summed E-state index contributed by atoms with van der Waals surface area (Å²) in [4.78, 5) is 0. The average Bonchev–Trinajstić information content (AvgIpc) is 2.36. The van der Waals surface area contributed by atoms with Crippen molar-refractivity contribution in [2.24, 2.45) is 17.6 Å². The summed E-state index contributed by atoms with van der Waals surface area (Å²) in [6.07, 6.45) is -2.48. The van der Waals surface area contributed by atoms with Gasteiger partial charge in [0.05, 0.1) is 5.92 Å². The average molecular weight is 307 g/mol. The van der Waals surface area contributed by atoms with Crippen LogP contribution in [-0.2, 0) is 6.42 Å². The van der Waals surface area contributed by atoms with Gasteiger partial charge < -0.3 is 5.73 Å². The second-order valence-electron chi connectivity index (χ2n) is 5.74. The van der Waals surface area contributed by atoms with Gasteiger partial charge in [-0.2, -0.15) is 13.2 Å². The Bertz CT molecular complexity index is 465. The molecule has 118 valence electrons. The summed E-state index contributed by atoms with van der Waals surface area (Å²) >= 11 is 0. The predicted molar refractivity (Wildman–Crippen MR) is 69.5 cm³/mol. The summed E-state index contributed by atoms with van der Waals surface area (Å²) in [5, 5.41) is 0. The van der Waals surface area contributed by atoms with E-state index in [4.69, 9.17) is 5.73 Å². The number of benzene rings is 1. The Morgan fingerprint density at radius 2 is 1.62 bits per heavy atom. The minimum atomic E-state index is -4.27. The largest absolute Gasteiger partial charge is 0.392 e. The first-order valence-electron chi connectivity index (χ1n) is 7.04. The zero-order chi connectivity index (χ0) is 15.6. The molecule has 0 spiro atoms. The highest BCUT2D eigenvalue weighted by Gasteiger charge is 2.47. The molecule has 6 heteroatoms. The maximum Gasteiger partial charge on any atom is 0.392 e. The highest BCUT2D eigenvalue weighted by atomic mass is 19.4. The predicted octanol–water partition coefficient (Wildman–Crippen LogP) is 4.20. The van der Waals surface area contributed by atoms with Crippen LogP contribution in [0.15, 0.2) is 18.2 Å². The lowest BCUT2D eigenvalue weighted by molar-refractivity contribution is -0.198. The molecule has 2 rings (SSSR count). The Balaban J connectivity index is 2.12. The van der Waals surface area contributed by atoms with Crippen LogP contribution in [0.5, 0.6) is 0 Å². The molecule has 0 aliphatic heterocycles. The maximum atomic E-state index is 13.1. The van der Waals surface area contributed by atoms with E-state index in [1.807, 2.05) is 0 Å². The maximum absolute atomic E-state index is 13.1. The zero-order valence-electron chi connectivity index (χ0n) is 11.5. The van der Waals surface area contributed by atoms with Gasteiger partial charge in [-0.25, -0.2) is 8.78 Å². The highest BCUT2D eigenvalue weighted by molar-refractivity contribution is 5.19. The van der Waals surface area contributed by atoms with Crippen molar-refractivity contribution in [3.05, 3.63) is 35.4 Å². The first-order chi connectivity index (χ1) is 9.77. The Kier molecular flexibility index (Phi) is 4.86. The van der Waals surface area contributed by atoms with E-state index in [2.05, 4.69) is 0 Å². The summed E-state index contributed by atoms with van der Waals surface area (Å²) in [5.74, 6) is -3.59. The van der Waals surface area contributed by atoms with Gasteiger partial charge in [-0.1, -0.05) is 12.8 Å². The fourth-order valence-corrected chi connectivity index (χ4v) is 3.23. The number of hydrogen-bond acceptors (Lipinski definition) is 1. The normalized spacial score (nSPS) is 24.9. The fraction of sp³-hybridized carbons (Fsp3) is 0.600. The van der Waals surface area contributed by atoms with Crippen molar-refractivity contribution in [3.63, 3.8) is 0 Å². The molecule has 3 atom stereocenters. The minimum Gasteiger partial charge on any atom is -0.327 e. The van der Waals surface area contributed by atoms with Crippen molar-refractivity contribution in [3.8, 4) is 0 Å². The molecule has 0 bridgehead atoms. The second-order valence-corrected chi connectivity index (χ2v) is 5.74. The van der Waals surface area contributed by atoms with E-state index in [1.54, 1.807) is 0 Å². The standard InChI is InChI=1S/C15H18F5N/c16-10-5-9(6-11(17)8-10)7-14(21)12-3-1-2-4-13(12)15(18,19)20/h5-6,8,12-14H,1-4,7,21H2. The smallest absolute Gasteiger partial charge is 0.327 e. The SMILES string of the molecule is NC(Cc1cc(F)cc(F)c1)C1CCCCC1C(F)(F)F. The van der Waals surface area contributed by atoms with Crippen molar-refractivity contribution in [1.29, 1.82) is 0 Å². The summed E-state index contributed by atoms with van der Waals surface area (Å²) < 4.78 is 65.4. The van der Waals surface area contributed by atoms with Gasteiger partial charge in [-0.15, -0.1) is 0 Å². The first-order valence-corrected chi connectivity index (χ1v) is 7.04. The van der Waals surface area contributed by atoms with Gasteiger partial charge in [0.2, 0.25) is 0 Å². The molecule has 1 aromatic rings. The molecule has 0 heterocycles. The van der Waals surface area contributed by atoms with Gasteiger partial charge in [0, 0.05) is 12.1 Å². The van der Waals surface area contributed by atoms with E-state index < -0.39 is 35.7 Å².